The van der Waals surface area contributed by atoms with Crippen molar-refractivity contribution in [1.29, 1.82) is 0 Å². The molecule has 1 aliphatic heterocycles. The van der Waals surface area contributed by atoms with Crippen molar-refractivity contribution in [3.63, 3.8) is 0 Å². The monoisotopic (exact) mass is 262 g/mol. The molecule has 0 amide bonds. The van der Waals surface area contributed by atoms with Crippen molar-refractivity contribution < 1.29 is 19.4 Å². The Kier molecular flexibility index (Phi) is 3.16. The molecule has 19 heavy (non-hydrogen) atoms. The zero-order valence-corrected chi connectivity index (χ0v) is 10.6. The quantitative estimate of drug-likeness (QED) is 0.481. The maximum Gasteiger partial charge on any atom is 0.352 e. The summed E-state index contributed by atoms with van der Waals surface area (Å²) in [5.74, 6) is -2.74. The Morgan fingerprint density at radius 2 is 1.89 bits per heavy atom. The number of hydrogen-bond donors (Lipinski definition) is 2. The van der Waals surface area contributed by atoms with E-state index in [2.05, 4.69) is 4.99 Å². The third-order valence-electron chi connectivity index (χ3n) is 2.36. The lowest BCUT2D eigenvalue weighted by Gasteiger charge is -2.30. The van der Waals surface area contributed by atoms with Crippen molar-refractivity contribution in [2.75, 3.05) is 0 Å². The highest BCUT2D eigenvalue weighted by atomic mass is 16.8. The Morgan fingerprint density at radius 1 is 1.26 bits per heavy atom. The molecule has 0 radical (unpaired) electrons. The average Bonchev–Trinajstić information content (AvgIpc) is 2.27. The van der Waals surface area contributed by atoms with E-state index in [0.717, 1.165) is 0 Å². The summed E-state index contributed by atoms with van der Waals surface area (Å²) in [6, 6.07) is 8.80. The van der Waals surface area contributed by atoms with Gasteiger partial charge in [0.15, 0.2) is 5.57 Å². The highest BCUT2D eigenvalue weighted by molar-refractivity contribution is 6.19. The minimum absolute atomic E-state index is 0.163. The van der Waals surface area contributed by atoms with Crippen LogP contribution in [0.25, 0.3) is 0 Å². The van der Waals surface area contributed by atoms with Crippen molar-refractivity contribution in [1.82, 2.24) is 0 Å². The minimum atomic E-state index is -1.22. The number of amidine groups is 1. The SMILES string of the molecule is CC1(C)OC(=O)C(C(N)=Nc2ccccc2)=C(O)O1. The molecule has 0 atom stereocenters. The predicted molar refractivity (Wildman–Crippen MR) is 68.6 cm³/mol. The number of ether oxygens (including phenoxy) is 2. The van der Waals surface area contributed by atoms with Gasteiger partial charge in [-0.05, 0) is 12.1 Å². The number of hydrogen-bond acceptors (Lipinski definition) is 5. The fourth-order valence-electron chi connectivity index (χ4n) is 1.58. The molecular weight excluding hydrogens is 248 g/mol. The lowest BCUT2D eigenvalue weighted by atomic mass is 10.2. The molecule has 2 rings (SSSR count). The van der Waals surface area contributed by atoms with Crippen LogP contribution in [0.15, 0.2) is 46.8 Å². The molecule has 0 unspecified atom stereocenters. The minimum Gasteiger partial charge on any atom is -0.480 e. The van der Waals surface area contributed by atoms with E-state index in [-0.39, 0.29) is 11.4 Å². The van der Waals surface area contributed by atoms with E-state index in [1.54, 1.807) is 24.3 Å². The van der Waals surface area contributed by atoms with Crippen LogP contribution in [-0.2, 0) is 14.3 Å². The van der Waals surface area contributed by atoms with Gasteiger partial charge in [-0.1, -0.05) is 18.2 Å². The Morgan fingerprint density at radius 3 is 2.47 bits per heavy atom. The zero-order valence-electron chi connectivity index (χ0n) is 10.6. The standard InChI is InChI=1S/C13H14N2O4/c1-13(2)18-11(16)9(12(17)19-13)10(14)15-8-6-4-3-5-7-8/h3-7,16H,1-2H3,(H2,14,15). The van der Waals surface area contributed by atoms with Crippen LogP contribution in [0.5, 0.6) is 0 Å². The highest BCUT2D eigenvalue weighted by Gasteiger charge is 2.37. The van der Waals surface area contributed by atoms with Crippen LogP contribution in [0.4, 0.5) is 5.69 Å². The molecule has 1 aromatic carbocycles. The Hall–Kier alpha value is -2.50. The van der Waals surface area contributed by atoms with Gasteiger partial charge in [0.25, 0.3) is 11.7 Å². The number of rotatable bonds is 2. The highest BCUT2D eigenvalue weighted by Crippen LogP contribution is 2.25. The van der Waals surface area contributed by atoms with Crippen LogP contribution in [0.3, 0.4) is 0 Å². The van der Waals surface area contributed by atoms with E-state index < -0.39 is 17.7 Å². The van der Waals surface area contributed by atoms with Crippen molar-refractivity contribution >= 4 is 17.5 Å². The molecule has 0 fully saturated rings. The topological polar surface area (TPSA) is 94.1 Å². The number of benzene rings is 1. The van der Waals surface area contributed by atoms with Crippen molar-refractivity contribution in [2.24, 2.45) is 10.7 Å². The smallest absolute Gasteiger partial charge is 0.352 e. The van der Waals surface area contributed by atoms with Crippen molar-refractivity contribution in [2.45, 2.75) is 19.6 Å². The van der Waals surface area contributed by atoms with E-state index in [1.807, 2.05) is 6.07 Å². The molecular formula is C13H14N2O4. The van der Waals surface area contributed by atoms with Gasteiger partial charge in [-0.2, -0.15) is 0 Å². The zero-order chi connectivity index (χ0) is 14.0. The molecule has 0 spiro atoms. The van der Waals surface area contributed by atoms with Gasteiger partial charge in [0.1, 0.15) is 5.84 Å². The molecule has 3 N–H and O–H groups in total. The van der Waals surface area contributed by atoms with E-state index in [4.69, 9.17) is 15.2 Å². The molecule has 1 aromatic rings. The number of aliphatic hydroxyl groups is 1. The van der Waals surface area contributed by atoms with Gasteiger partial charge >= 0.3 is 5.97 Å². The number of esters is 1. The molecule has 6 heteroatoms. The molecule has 0 aliphatic carbocycles. The summed E-state index contributed by atoms with van der Waals surface area (Å²) in [5.41, 5.74) is 5.98. The van der Waals surface area contributed by atoms with Crippen LogP contribution in [0.2, 0.25) is 0 Å². The summed E-state index contributed by atoms with van der Waals surface area (Å²) in [6.07, 6.45) is 0. The number of nitrogens with zero attached hydrogens (tertiary/aromatic N) is 1. The molecule has 0 bridgehead atoms. The molecule has 1 aliphatic rings. The predicted octanol–water partition coefficient (Wildman–Crippen LogP) is 1.75. The Balaban J connectivity index is 2.36. The van der Waals surface area contributed by atoms with E-state index >= 15 is 0 Å². The van der Waals surface area contributed by atoms with Crippen LogP contribution in [-0.4, -0.2) is 22.7 Å². The number of carbonyl (C=O) groups excluding carboxylic acids is 1. The maximum absolute atomic E-state index is 11.8. The average molecular weight is 262 g/mol. The van der Waals surface area contributed by atoms with E-state index in [1.165, 1.54) is 13.8 Å². The maximum atomic E-state index is 11.8. The summed E-state index contributed by atoms with van der Waals surface area (Å²) in [6.45, 7) is 3.00. The van der Waals surface area contributed by atoms with Crippen molar-refractivity contribution in [3.05, 3.63) is 41.9 Å². The first-order valence-corrected chi connectivity index (χ1v) is 5.64. The second-order valence-corrected chi connectivity index (χ2v) is 4.40. The van der Waals surface area contributed by atoms with Gasteiger partial charge in [-0.25, -0.2) is 9.79 Å². The normalized spacial score (nSPS) is 18.8. The van der Waals surface area contributed by atoms with Gasteiger partial charge in [-0.15, -0.1) is 0 Å². The summed E-state index contributed by atoms with van der Waals surface area (Å²) in [7, 11) is 0. The number of aliphatic hydroxyl groups excluding tert-OH is 1. The molecule has 0 saturated heterocycles. The fraction of sp³-hybridized carbons (Fsp3) is 0.231. The summed E-state index contributed by atoms with van der Waals surface area (Å²) >= 11 is 0. The van der Waals surface area contributed by atoms with Crippen LogP contribution in [0, 0.1) is 0 Å². The molecule has 0 aromatic heterocycles. The second kappa shape index (κ2) is 4.64. The van der Waals surface area contributed by atoms with Gasteiger partial charge in [0, 0.05) is 13.8 Å². The number of carbonyl (C=O) groups is 1. The number of aliphatic imine (C=N–C) groups is 1. The number of para-hydroxylation sites is 1. The summed E-state index contributed by atoms with van der Waals surface area (Å²) in [4.78, 5) is 15.8. The largest absolute Gasteiger partial charge is 0.480 e. The van der Waals surface area contributed by atoms with Crippen LogP contribution < -0.4 is 5.73 Å². The lowest BCUT2D eigenvalue weighted by molar-refractivity contribution is -0.220. The summed E-state index contributed by atoms with van der Waals surface area (Å²) < 4.78 is 10.0. The lowest BCUT2D eigenvalue weighted by Crippen LogP contribution is -2.40. The number of nitrogens with two attached hydrogens (primary N) is 1. The third-order valence-corrected chi connectivity index (χ3v) is 2.36. The molecule has 0 saturated carbocycles. The Labute approximate surface area is 110 Å². The number of cyclic esters (lactones) is 1. The first kappa shape index (κ1) is 12.9. The van der Waals surface area contributed by atoms with Crippen LogP contribution in [0.1, 0.15) is 13.8 Å². The Bertz CT molecular complexity index is 561. The molecule has 1 heterocycles. The third kappa shape index (κ3) is 2.85. The van der Waals surface area contributed by atoms with E-state index in [9.17, 15) is 9.90 Å². The molecule has 100 valence electrons. The first-order chi connectivity index (χ1) is 8.89. The fourth-order valence-corrected chi connectivity index (χ4v) is 1.58. The second-order valence-electron chi connectivity index (χ2n) is 4.40. The van der Waals surface area contributed by atoms with Crippen molar-refractivity contribution in [3.8, 4) is 0 Å². The van der Waals surface area contributed by atoms with Gasteiger partial charge < -0.3 is 20.3 Å². The van der Waals surface area contributed by atoms with Gasteiger partial charge in [0.05, 0.1) is 5.69 Å². The first-order valence-electron chi connectivity index (χ1n) is 5.64. The van der Waals surface area contributed by atoms with Gasteiger partial charge in [0.2, 0.25) is 0 Å². The summed E-state index contributed by atoms with van der Waals surface area (Å²) in [5, 5.41) is 9.72. The van der Waals surface area contributed by atoms with Gasteiger partial charge in [-0.3, -0.25) is 0 Å². The molecule has 6 nitrogen and oxygen atoms in total. The van der Waals surface area contributed by atoms with E-state index in [0.29, 0.717) is 5.69 Å². The van der Waals surface area contributed by atoms with Crippen LogP contribution >= 0.6 is 0 Å².